The molecule has 1 fully saturated rings. The molecule has 82 valence electrons. The second kappa shape index (κ2) is 5.32. The highest BCUT2D eigenvalue weighted by molar-refractivity contribution is 5.78. The zero-order valence-corrected chi connectivity index (χ0v) is 8.90. The molecule has 1 aliphatic rings. The van der Waals surface area contributed by atoms with Gasteiger partial charge in [-0.25, -0.2) is 0 Å². The number of hydrogen-bond acceptors (Lipinski definition) is 3. The summed E-state index contributed by atoms with van der Waals surface area (Å²) in [5, 5.41) is 8.78. The normalized spacial score (nSPS) is 25.2. The van der Waals surface area contributed by atoms with Crippen molar-refractivity contribution in [2.24, 2.45) is 0 Å². The molecule has 0 bridgehead atoms. The molecule has 0 spiro atoms. The van der Waals surface area contributed by atoms with E-state index in [1.54, 1.807) is 0 Å². The van der Waals surface area contributed by atoms with Gasteiger partial charge in [0.25, 0.3) is 0 Å². The van der Waals surface area contributed by atoms with Crippen molar-refractivity contribution in [2.45, 2.75) is 38.8 Å². The number of morpholine rings is 1. The molecule has 1 amide bonds. The molecule has 0 saturated carbocycles. The molecular weight excluding hydrogens is 182 g/mol. The first-order valence-corrected chi connectivity index (χ1v) is 5.21. The van der Waals surface area contributed by atoms with E-state index in [2.05, 4.69) is 6.92 Å². The molecule has 1 aliphatic heterocycles. The lowest BCUT2D eigenvalue weighted by molar-refractivity contribution is -0.152. The minimum atomic E-state index is 0.00620. The van der Waals surface area contributed by atoms with Crippen LogP contribution in [0.15, 0.2) is 0 Å². The van der Waals surface area contributed by atoms with Gasteiger partial charge in [-0.1, -0.05) is 6.92 Å². The van der Waals surface area contributed by atoms with Crippen molar-refractivity contribution in [2.75, 3.05) is 19.8 Å². The van der Waals surface area contributed by atoms with Crippen LogP contribution in [0.4, 0.5) is 0 Å². The molecule has 0 aliphatic carbocycles. The Morgan fingerprint density at radius 3 is 3.00 bits per heavy atom. The molecule has 4 nitrogen and oxygen atoms in total. The van der Waals surface area contributed by atoms with E-state index >= 15 is 0 Å². The summed E-state index contributed by atoms with van der Waals surface area (Å²) in [6, 6.07) is 0.271. The predicted molar refractivity (Wildman–Crippen MR) is 52.9 cm³/mol. The lowest BCUT2D eigenvalue weighted by Crippen LogP contribution is -2.50. The van der Waals surface area contributed by atoms with Crippen LogP contribution in [0.3, 0.4) is 0 Å². The highest BCUT2D eigenvalue weighted by Crippen LogP contribution is 2.13. The minimum absolute atomic E-state index is 0.00620. The third kappa shape index (κ3) is 2.69. The van der Waals surface area contributed by atoms with E-state index in [-0.39, 0.29) is 31.3 Å². The average molecular weight is 201 g/mol. The SMILES string of the molecule is CCC(C)N1CC(CCO)OCC1=O. The Kier molecular flexibility index (Phi) is 4.35. The molecule has 0 radical (unpaired) electrons. The number of ether oxygens (including phenoxy) is 1. The number of nitrogens with zero attached hydrogens (tertiary/aromatic N) is 1. The largest absolute Gasteiger partial charge is 0.396 e. The minimum Gasteiger partial charge on any atom is -0.396 e. The van der Waals surface area contributed by atoms with Gasteiger partial charge in [0.05, 0.1) is 6.10 Å². The maximum absolute atomic E-state index is 11.5. The topological polar surface area (TPSA) is 49.8 Å². The number of carbonyl (C=O) groups is 1. The molecule has 1 saturated heterocycles. The maximum atomic E-state index is 11.5. The van der Waals surface area contributed by atoms with Gasteiger partial charge >= 0.3 is 0 Å². The first-order valence-electron chi connectivity index (χ1n) is 5.21. The van der Waals surface area contributed by atoms with E-state index in [9.17, 15) is 4.79 Å². The van der Waals surface area contributed by atoms with E-state index in [0.29, 0.717) is 13.0 Å². The van der Waals surface area contributed by atoms with Gasteiger partial charge in [0.1, 0.15) is 6.61 Å². The molecule has 1 heterocycles. The average Bonchev–Trinajstić information content (AvgIpc) is 2.20. The number of amides is 1. The Morgan fingerprint density at radius 1 is 1.71 bits per heavy atom. The van der Waals surface area contributed by atoms with Crippen molar-refractivity contribution in [1.82, 2.24) is 4.90 Å². The summed E-state index contributed by atoms with van der Waals surface area (Å²) >= 11 is 0. The van der Waals surface area contributed by atoms with Crippen LogP contribution in [0.25, 0.3) is 0 Å². The van der Waals surface area contributed by atoms with Crippen LogP contribution in [0, 0.1) is 0 Å². The second-order valence-corrected chi connectivity index (χ2v) is 3.75. The molecule has 1 N–H and O–H groups in total. The Labute approximate surface area is 84.8 Å². The van der Waals surface area contributed by atoms with Crippen molar-refractivity contribution < 1.29 is 14.6 Å². The van der Waals surface area contributed by atoms with Gasteiger partial charge in [-0.2, -0.15) is 0 Å². The third-order valence-corrected chi connectivity index (χ3v) is 2.74. The van der Waals surface area contributed by atoms with Crippen LogP contribution in [0.2, 0.25) is 0 Å². The first kappa shape index (κ1) is 11.5. The monoisotopic (exact) mass is 201 g/mol. The predicted octanol–water partition coefficient (Wildman–Crippen LogP) is 0.395. The van der Waals surface area contributed by atoms with E-state index in [1.807, 2.05) is 11.8 Å². The summed E-state index contributed by atoms with van der Waals surface area (Å²) in [5.74, 6) is 0.0635. The number of aliphatic hydroxyl groups is 1. The van der Waals surface area contributed by atoms with E-state index in [0.717, 1.165) is 6.42 Å². The van der Waals surface area contributed by atoms with Gasteiger partial charge in [0.2, 0.25) is 5.91 Å². The number of aliphatic hydroxyl groups excluding tert-OH is 1. The highest BCUT2D eigenvalue weighted by atomic mass is 16.5. The maximum Gasteiger partial charge on any atom is 0.248 e. The van der Waals surface area contributed by atoms with Gasteiger partial charge < -0.3 is 14.7 Å². The van der Waals surface area contributed by atoms with Crippen LogP contribution in [0.5, 0.6) is 0 Å². The summed E-state index contributed by atoms with van der Waals surface area (Å²) in [4.78, 5) is 13.3. The fraction of sp³-hybridized carbons (Fsp3) is 0.900. The summed E-state index contributed by atoms with van der Waals surface area (Å²) in [6.07, 6.45) is 1.57. The van der Waals surface area contributed by atoms with Crippen molar-refractivity contribution in [1.29, 1.82) is 0 Å². The summed E-state index contributed by atoms with van der Waals surface area (Å²) in [7, 11) is 0. The number of hydrogen-bond donors (Lipinski definition) is 1. The molecule has 2 unspecified atom stereocenters. The van der Waals surface area contributed by atoms with Gasteiger partial charge in [-0.05, 0) is 19.8 Å². The zero-order chi connectivity index (χ0) is 10.6. The Balaban J connectivity index is 2.50. The Hall–Kier alpha value is -0.610. The van der Waals surface area contributed by atoms with Crippen LogP contribution in [-0.4, -0.2) is 47.8 Å². The smallest absolute Gasteiger partial charge is 0.248 e. The van der Waals surface area contributed by atoms with Crippen LogP contribution < -0.4 is 0 Å². The molecular formula is C10H19NO3. The van der Waals surface area contributed by atoms with Crippen molar-refractivity contribution in [3.05, 3.63) is 0 Å². The van der Waals surface area contributed by atoms with Gasteiger partial charge in [0, 0.05) is 19.2 Å². The standard InChI is InChI=1S/C10H19NO3/c1-3-8(2)11-6-9(4-5-12)14-7-10(11)13/h8-9,12H,3-7H2,1-2H3. The van der Waals surface area contributed by atoms with Crippen molar-refractivity contribution in [3.63, 3.8) is 0 Å². The van der Waals surface area contributed by atoms with Gasteiger partial charge in [-0.15, -0.1) is 0 Å². The lowest BCUT2D eigenvalue weighted by atomic mass is 10.1. The van der Waals surface area contributed by atoms with Crippen LogP contribution in [0.1, 0.15) is 26.7 Å². The fourth-order valence-corrected chi connectivity index (χ4v) is 1.61. The highest BCUT2D eigenvalue weighted by Gasteiger charge is 2.28. The Morgan fingerprint density at radius 2 is 2.43 bits per heavy atom. The van der Waals surface area contributed by atoms with Crippen LogP contribution >= 0.6 is 0 Å². The molecule has 1 rings (SSSR count). The van der Waals surface area contributed by atoms with Gasteiger partial charge in [-0.3, -0.25) is 4.79 Å². The summed E-state index contributed by atoms with van der Waals surface area (Å²) < 4.78 is 5.30. The number of carbonyl (C=O) groups excluding carboxylic acids is 1. The third-order valence-electron chi connectivity index (χ3n) is 2.74. The van der Waals surface area contributed by atoms with Crippen molar-refractivity contribution >= 4 is 5.91 Å². The summed E-state index contributed by atoms with van der Waals surface area (Å²) in [6.45, 7) is 5.00. The molecule has 0 aromatic rings. The second-order valence-electron chi connectivity index (χ2n) is 3.75. The quantitative estimate of drug-likeness (QED) is 0.716. The van der Waals surface area contributed by atoms with E-state index < -0.39 is 0 Å². The Bertz CT molecular complexity index is 196. The molecule has 2 atom stereocenters. The lowest BCUT2D eigenvalue weighted by Gasteiger charge is -2.36. The molecule has 4 heteroatoms. The molecule has 0 aromatic heterocycles. The molecule has 14 heavy (non-hydrogen) atoms. The molecule has 0 aromatic carbocycles. The first-order chi connectivity index (χ1) is 6.69. The van der Waals surface area contributed by atoms with Crippen molar-refractivity contribution in [3.8, 4) is 0 Å². The van der Waals surface area contributed by atoms with Crippen LogP contribution in [-0.2, 0) is 9.53 Å². The zero-order valence-electron chi connectivity index (χ0n) is 8.90. The summed E-state index contributed by atoms with van der Waals surface area (Å²) in [5.41, 5.74) is 0. The van der Waals surface area contributed by atoms with E-state index in [1.165, 1.54) is 0 Å². The van der Waals surface area contributed by atoms with Gasteiger partial charge in [0.15, 0.2) is 0 Å². The fourth-order valence-electron chi connectivity index (χ4n) is 1.61. The number of rotatable bonds is 4. The van der Waals surface area contributed by atoms with E-state index in [4.69, 9.17) is 9.84 Å².